The Kier molecular flexibility index (Phi) is 8.32. The number of aryl methyl sites for hydroxylation is 1. The zero-order chi connectivity index (χ0) is 12.4. The second-order valence-corrected chi connectivity index (χ2v) is 3.48. The van der Waals surface area contributed by atoms with Crippen LogP contribution in [0.2, 0.25) is 0 Å². The number of hydrogen-bond acceptors (Lipinski definition) is 0. The molecule has 0 aliphatic rings. The van der Waals surface area contributed by atoms with E-state index >= 15 is 0 Å². The van der Waals surface area contributed by atoms with E-state index in [0.717, 1.165) is 6.42 Å². The second-order valence-electron chi connectivity index (χ2n) is 3.48. The van der Waals surface area contributed by atoms with Crippen molar-refractivity contribution >= 4 is 12.2 Å². The molecule has 90 valence electrons. The zero-order valence-electron chi connectivity index (χ0n) is 11.3. The van der Waals surface area contributed by atoms with Crippen LogP contribution in [-0.2, 0) is 0 Å². The van der Waals surface area contributed by atoms with E-state index in [1.54, 1.807) is 0 Å². The van der Waals surface area contributed by atoms with E-state index in [1.807, 2.05) is 20.8 Å². The Morgan fingerprint density at radius 1 is 1.31 bits per heavy atom. The highest BCUT2D eigenvalue weighted by molar-refractivity contribution is 5.40. The minimum atomic E-state index is 1.14. The summed E-state index contributed by atoms with van der Waals surface area (Å²) in [7, 11) is 0. The fraction of sp³-hybridized carbons (Fsp3) is 0.467. The van der Waals surface area contributed by atoms with Crippen molar-refractivity contribution in [3.8, 4) is 0 Å². The molecule has 1 heteroatoms. The summed E-state index contributed by atoms with van der Waals surface area (Å²) in [5.74, 6) is 0. The van der Waals surface area contributed by atoms with Gasteiger partial charge in [-0.05, 0) is 25.8 Å². The van der Waals surface area contributed by atoms with Crippen LogP contribution in [0, 0.1) is 6.92 Å². The quantitative estimate of drug-likeness (QED) is 0.803. The van der Waals surface area contributed by atoms with E-state index in [2.05, 4.69) is 49.3 Å². The van der Waals surface area contributed by atoms with Crippen LogP contribution in [0.3, 0.4) is 0 Å². The molecular weight excluding hydrogens is 194 g/mol. The van der Waals surface area contributed by atoms with Gasteiger partial charge in [-0.25, -0.2) is 0 Å². The largest absolute Gasteiger partial charge is 0.361 e. The van der Waals surface area contributed by atoms with E-state index < -0.39 is 0 Å². The predicted molar refractivity (Wildman–Crippen MR) is 74.8 cm³/mol. The number of aromatic amines is 1. The Morgan fingerprint density at radius 3 is 2.56 bits per heavy atom. The van der Waals surface area contributed by atoms with Crippen molar-refractivity contribution < 1.29 is 0 Å². The molecule has 0 aliphatic carbocycles. The number of H-pyrrole nitrogens is 1. The summed E-state index contributed by atoms with van der Waals surface area (Å²) in [5, 5.41) is 2.57. The Hall–Kier alpha value is -1.24. The smallest absolute Gasteiger partial charge is 0.0416 e. The first kappa shape index (κ1) is 14.8. The predicted octanol–water partition coefficient (Wildman–Crippen LogP) is 3.29. The van der Waals surface area contributed by atoms with Crippen molar-refractivity contribution in [1.29, 1.82) is 0 Å². The zero-order valence-corrected chi connectivity index (χ0v) is 11.3. The highest BCUT2D eigenvalue weighted by Crippen LogP contribution is 1.87. The molecule has 0 unspecified atom stereocenters. The number of aromatic nitrogens is 1. The number of hydrogen-bond donors (Lipinski definition) is 1. The van der Waals surface area contributed by atoms with Crippen molar-refractivity contribution in [2.75, 3.05) is 0 Å². The number of allylic oxidation sites excluding steroid dienone is 2. The van der Waals surface area contributed by atoms with Gasteiger partial charge in [-0.2, -0.15) is 0 Å². The fourth-order valence-electron chi connectivity index (χ4n) is 1.43. The van der Waals surface area contributed by atoms with E-state index in [4.69, 9.17) is 0 Å². The lowest BCUT2D eigenvalue weighted by molar-refractivity contribution is 0.987. The Balaban J connectivity index is 0.00000106. The molecule has 1 nitrogen and oxygen atoms in total. The van der Waals surface area contributed by atoms with Gasteiger partial charge < -0.3 is 4.98 Å². The number of rotatable bonds is 3. The highest BCUT2D eigenvalue weighted by atomic mass is 14.7. The first-order valence-corrected chi connectivity index (χ1v) is 6.26. The molecule has 0 aliphatic heterocycles. The molecule has 0 saturated carbocycles. The van der Waals surface area contributed by atoms with Gasteiger partial charge in [0.2, 0.25) is 0 Å². The van der Waals surface area contributed by atoms with Gasteiger partial charge in [-0.1, -0.05) is 51.5 Å². The summed E-state index contributed by atoms with van der Waals surface area (Å²) in [6, 6.07) is 0. The molecule has 0 amide bonds. The lowest BCUT2D eigenvalue weighted by Gasteiger charge is -1.84. The lowest BCUT2D eigenvalue weighted by Crippen LogP contribution is -2.23. The van der Waals surface area contributed by atoms with Crippen LogP contribution in [0.5, 0.6) is 0 Å². The first-order valence-electron chi connectivity index (χ1n) is 6.26. The topological polar surface area (TPSA) is 15.8 Å². The molecule has 1 rings (SSSR count). The van der Waals surface area contributed by atoms with Crippen LogP contribution in [0.25, 0.3) is 12.2 Å². The summed E-state index contributed by atoms with van der Waals surface area (Å²) in [5.41, 5.74) is 1.31. The summed E-state index contributed by atoms with van der Waals surface area (Å²) in [6.07, 6.45) is 13.0. The van der Waals surface area contributed by atoms with Gasteiger partial charge >= 0.3 is 0 Å². The van der Waals surface area contributed by atoms with Crippen LogP contribution >= 0.6 is 0 Å². The molecule has 0 radical (unpaired) electrons. The number of nitrogens with one attached hydrogen (secondary N) is 1. The molecular formula is C15H25N. The molecule has 1 aromatic rings. The molecule has 0 atom stereocenters. The van der Waals surface area contributed by atoms with Crippen LogP contribution in [0.1, 0.15) is 46.1 Å². The van der Waals surface area contributed by atoms with Crippen molar-refractivity contribution in [2.45, 2.75) is 47.5 Å². The van der Waals surface area contributed by atoms with Gasteiger partial charge in [0.1, 0.15) is 0 Å². The third kappa shape index (κ3) is 4.52. The van der Waals surface area contributed by atoms with Crippen LogP contribution in [-0.4, -0.2) is 4.98 Å². The molecule has 1 heterocycles. The lowest BCUT2D eigenvalue weighted by atomic mass is 10.2. The van der Waals surface area contributed by atoms with Gasteiger partial charge in [0.15, 0.2) is 0 Å². The minimum Gasteiger partial charge on any atom is -0.361 e. The summed E-state index contributed by atoms with van der Waals surface area (Å²) in [4.78, 5) is 3.30. The summed E-state index contributed by atoms with van der Waals surface area (Å²) >= 11 is 0. The average Bonchev–Trinajstić information content (AvgIpc) is 2.67. The van der Waals surface area contributed by atoms with Crippen molar-refractivity contribution in [3.63, 3.8) is 0 Å². The van der Waals surface area contributed by atoms with Gasteiger partial charge in [0.25, 0.3) is 0 Å². The summed E-state index contributed by atoms with van der Waals surface area (Å²) < 4.78 is 0. The maximum atomic E-state index is 3.30. The van der Waals surface area contributed by atoms with E-state index in [-0.39, 0.29) is 0 Å². The Bertz CT molecular complexity index is 407. The first-order chi connectivity index (χ1) is 7.79. The molecule has 0 spiro atoms. The second kappa shape index (κ2) is 9.02. The SMILES string of the molecule is CC.C\C=C/C=c1/c(C)c[nH]/c1=C\CCC. The van der Waals surface area contributed by atoms with Crippen LogP contribution in [0.4, 0.5) is 0 Å². The van der Waals surface area contributed by atoms with Crippen LogP contribution < -0.4 is 10.6 Å². The standard InChI is InChI=1S/C13H19N.C2H6/c1-4-6-8-12-11(3)10-14-13(12)9-7-5-2;1-2/h4,6,8-10,14H,5,7H2,1-3H3;1-2H3/b6-4-,12-8-,13-9-;. The molecule has 0 fully saturated rings. The van der Waals surface area contributed by atoms with E-state index in [1.165, 1.54) is 22.6 Å². The molecule has 16 heavy (non-hydrogen) atoms. The van der Waals surface area contributed by atoms with E-state index in [0.29, 0.717) is 0 Å². The molecule has 0 saturated heterocycles. The molecule has 0 aromatic carbocycles. The Morgan fingerprint density at radius 2 is 2.00 bits per heavy atom. The third-order valence-electron chi connectivity index (χ3n) is 2.25. The normalized spacial score (nSPS) is 13.1. The fourth-order valence-corrected chi connectivity index (χ4v) is 1.43. The molecule has 0 bridgehead atoms. The van der Waals surface area contributed by atoms with Crippen molar-refractivity contribution in [2.24, 2.45) is 0 Å². The van der Waals surface area contributed by atoms with Crippen molar-refractivity contribution in [3.05, 3.63) is 34.5 Å². The van der Waals surface area contributed by atoms with Crippen LogP contribution in [0.15, 0.2) is 18.3 Å². The van der Waals surface area contributed by atoms with Crippen molar-refractivity contribution in [1.82, 2.24) is 4.98 Å². The van der Waals surface area contributed by atoms with Gasteiger partial charge in [0, 0.05) is 16.8 Å². The maximum Gasteiger partial charge on any atom is 0.0416 e. The third-order valence-corrected chi connectivity index (χ3v) is 2.25. The average molecular weight is 219 g/mol. The summed E-state index contributed by atoms with van der Waals surface area (Å²) in [6.45, 7) is 10.4. The van der Waals surface area contributed by atoms with Gasteiger partial charge in [0.05, 0.1) is 0 Å². The Labute approximate surface area is 99.6 Å². The van der Waals surface area contributed by atoms with Gasteiger partial charge in [-0.15, -0.1) is 0 Å². The van der Waals surface area contributed by atoms with Gasteiger partial charge in [-0.3, -0.25) is 0 Å². The number of unbranched alkanes of at least 4 members (excludes halogenated alkanes) is 1. The van der Waals surface area contributed by atoms with E-state index in [9.17, 15) is 0 Å². The maximum absolute atomic E-state index is 3.30. The molecule has 1 aromatic heterocycles. The highest BCUT2D eigenvalue weighted by Gasteiger charge is 1.90. The monoisotopic (exact) mass is 219 g/mol. The molecule has 1 N–H and O–H groups in total. The minimum absolute atomic E-state index is 1.14.